The lowest BCUT2D eigenvalue weighted by Gasteiger charge is -2.02. The number of H-pyrrole nitrogens is 1. The van der Waals surface area contributed by atoms with Crippen LogP contribution in [0.2, 0.25) is 0 Å². The van der Waals surface area contributed by atoms with Crippen molar-refractivity contribution in [1.82, 2.24) is 14.8 Å². The zero-order chi connectivity index (χ0) is 19.0. The molecule has 0 bridgehead atoms. The van der Waals surface area contributed by atoms with Gasteiger partial charge in [0.15, 0.2) is 6.61 Å². The summed E-state index contributed by atoms with van der Waals surface area (Å²) in [6, 6.07) is 11.0. The Hall–Kier alpha value is -3.26. The molecule has 136 valence electrons. The number of aromatic nitrogens is 3. The molecule has 4 aromatic rings. The second-order valence-corrected chi connectivity index (χ2v) is 6.92. The lowest BCUT2D eigenvalue weighted by atomic mass is 10.3. The summed E-state index contributed by atoms with van der Waals surface area (Å²) in [5, 5.41) is 5.26. The number of ether oxygens (including phenoxy) is 1. The van der Waals surface area contributed by atoms with Crippen LogP contribution in [0.4, 0.5) is 4.39 Å². The van der Waals surface area contributed by atoms with E-state index in [0.717, 1.165) is 15.9 Å². The molecule has 4 rings (SSSR count). The number of hydrogen-bond acceptors (Lipinski definition) is 5. The van der Waals surface area contributed by atoms with E-state index in [0.29, 0.717) is 16.3 Å². The predicted molar refractivity (Wildman–Crippen MR) is 99.0 cm³/mol. The molecular weight excluding hydrogens is 369 g/mol. The highest BCUT2D eigenvalue weighted by atomic mass is 32.1. The first-order valence-electron chi connectivity index (χ1n) is 8.12. The molecule has 0 aliphatic rings. The molecule has 1 N–H and O–H groups in total. The topological polar surface area (TPSA) is 77.0 Å². The van der Waals surface area contributed by atoms with E-state index in [9.17, 15) is 14.0 Å². The minimum Gasteiger partial charge on any atom is -0.453 e. The molecule has 6 nitrogen and oxygen atoms in total. The van der Waals surface area contributed by atoms with Gasteiger partial charge in [0.05, 0.1) is 17.1 Å². The quantitative estimate of drug-likeness (QED) is 0.419. The molecular formula is C19H14FN3O3S. The van der Waals surface area contributed by atoms with Gasteiger partial charge in [0.25, 0.3) is 0 Å². The molecule has 0 atom stereocenters. The summed E-state index contributed by atoms with van der Waals surface area (Å²) in [4.78, 5) is 28.2. The third-order valence-corrected chi connectivity index (χ3v) is 5.14. The molecule has 27 heavy (non-hydrogen) atoms. The first-order chi connectivity index (χ1) is 13.0. The summed E-state index contributed by atoms with van der Waals surface area (Å²) in [6.45, 7) is 1.50. The third-order valence-electron chi connectivity index (χ3n) is 4.05. The Kier molecular flexibility index (Phi) is 4.33. The second-order valence-electron chi connectivity index (χ2n) is 5.89. The summed E-state index contributed by atoms with van der Waals surface area (Å²) in [7, 11) is 0. The van der Waals surface area contributed by atoms with Crippen molar-refractivity contribution in [2.75, 3.05) is 6.61 Å². The molecule has 0 unspecified atom stereocenters. The first-order valence-corrected chi connectivity index (χ1v) is 8.93. The number of benzene rings is 1. The van der Waals surface area contributed by atoms with Crippen molar-refractivity contribution in [2.45, 2.75) is 6.92 Å². The maximum Gasteiger partial charge on any atom is 0.348 e. The summed E-state index contributed by atoms with van der Waals surface area (Å²) in [5.74, 6) is -1.20. The van der Waals surface area contributed by atoms with Crippen molar-refractivity contribution in [3.05, 3.63) is 70.7 Å². The van der Waals surface area contributed by atoms with Crippen LogP contribution in [-0.2, 0) is 4.74 Å². The molecule has 3 aromatic heterocycles. The number of halogens is 1. The molecule has 8 heteroatoms. The lowest BCUT2D eigenvalue weighted by molar-refractivity contribution is 0.0478. The van der Waals surface area contributed by atoms with Crippen LogP contribution in [0.1, 0.15) is 25.9 Å². The maximum atomic E-state index is 13.2. The first kappa shape index (κ1) is 17.2. The summed E-state index contributed by atoms with van der Waals surface area (Å²) >= 11 is 1.21. The summed E-state index contributed by atoms with van der Waals surface area (Å²) in [5.41, 5.74) is 1.83. The number of Topliss-reactive ketones (excluding diaryl/α,β-unsaturated/α-hetero) is 1. The van der Waals surface area contributed by atoms with Gasteiger partial charge in [-0.2, -0.15) is 5.10 Å². The van der Waals surface area contributed by atoms with Crippen LogP contribution >= 0.6 is 11.3 Å². The van der Waals surface area contributed by atoms with Gasteiger partial charge < -0.3 is 9.72 Å². The van der Waals surface area contributed by atoms with Crippen molar-refractivity contribution < 1.29 is 18.7 Å². The maximum absolute atomic E-state index is 13.2. The van der Waals surface area contributed by atoms with Gasteiger partial charge in [0.2, 0.25) is 5.78 Å². The number of fused-ring (bicyclic) bond motifs is 1. The van der Waals surface area contributed by atoms with Crippen LogP contribution in [0.3, 0.4) is 0 Å². The fourth-order valence-electron chi connectivity index (χ4n) is 2.69. The Balaban J connectivity index is 1.58. The molecule has 3 heterocycles. The van der Waals surface area contributed by atoms with Gasteiger partial charge in [-0.3, -0.25) is 4.79 Å². The number of carbonyl (C=O) groups excluding carboxylic acids is 2. The number of aryl methyl sites for hydroxylation is 1. The SMILES string of the molecule is Cc1nn(-c2ccc(F)cc2)c2sc(C(=O)OCC(=O)c3ccc[nH]3)cc12. The van der Waals surface area contributed by atoms with Gasteiger partial charge in [-0.1, -0.05) is 0 Å². The fourth-order valence-corrected chi connectivity index (χ4v) is 3.77. The zero-order valence-electron chi connectivity index (χ0n) is 14.2. The van der Waals surface area contributed by atoms with Crippen molar-refractivity contribution in [3.63, 3.8) is 0 Å². The van der Waals surface area contributed by atoms with Crippen LogP contribution in [0.5, 0.6) is 0 Å². The van der Waals surface area contributed by atoms with E-state index in [2.05, 4.69) is 10.1 Å². The molecule has 1 aromatic carbocycles. The molecule has 0 aliphatic heterocycles. The Labute approximate surface area is 157 Å². The molecule has 0 spiro atoms. The third kappa shape index (κ3) is 3.26. The Morgan fingerprint density at radius 2 is 2.04 bits per heavy atom. The average Bonchev–Trinajstić information content (AvgIpc) is 3.39. The molecule has 0 saturated carbocycles. The molecule has 0 aliphatic carbocycles. The van der Waals surface area contributed by atoms with Crippen molar-refractivity contribution >= 4 is 33.3 Å². The Morgan fingerprint density at radius 3 is 2.74 bits per heavy atom. The van der Waals surface area contributed by atoms with E-state index >= 15 is 0 Å². The van der Waals surface area contributed by atoms with Gasteiger partial charge in [0, 0.05) is 11.6 Å². The predicted octanol–water partition coefficient (Wildman–Crippen LogP) is 3.90. The van der Waals surface area contributed by atoms with Crippen LogP contribution in [-0.4, -0.2) is 33.1 Å². The standard InChI is InChI=1S/C19H14FN3O3S/c1-11-14-9-17(19(25)26-10-16(24)15-3-2-8-21-15)27-18(14)23(22-11)13-6-4-12(20)5-7-13/h2-9,21H,10H2,1H3. The number of rotatable bonds is 5. The summed E-state index contributed by atoms with van der Waals surface area (Å²) in [6.07, 6.45) is 1.63. The van der Waals surface area contributed by atoms with E-state index < -0.39 is 5.97 Å². The van der Waals surface area contributed by atoms with Gasteiger partial charge in [-0.25, -0.2) is 13.9 Å². The number of carbonyl (C=O) groups is 2. The van der Waals surface area contributed by atoms with Crippen LogP contribution in [0.15, 0.2) is 48.7 Å². The highest BCUT2D eigenvalue weighted by molar-refractivity contribution is 7.20. The number of esters is 1. The Morgan fingerprint density at radius 1 is 1.26 bits per heavy atom. The van der Waals surface area contributed by atoms with Crippen molar-refractivity contribution in [3.8, 4) is 5.69 Å². The second kappa shape index (κ2) is 6.81. The number of ketones is 1. The Bertz CT molecular complexity index is 1130. The normalized spacial score (nSPS) is 11.0. The number of nitrogens with zero attached hydrogens (tertiary/aromatic N) is 2. The minimum atomic E-state index is -0.568. The van der Waals surface area contributed by atoms with E-state index in [1.54, 1.807) is 41.2 Å². The lowest BCUT2D eigenvalue weighted by Crippen LogP contribution is -2.13. The van der Waals surface area contributed by atoms with Gasteiger partial charge in [-0.05, 0) is 49.4 Å². The highest BCUT2D eigenvalue weighted by Gasteiger charge is 2.19. The molecule has 0 amide bonds. The minimum absolute atomic E-state index is 0.303. The molecule has 0 fully saturated rings. The average molecular weight is 383 g/mol. The number of hydrogen-bond donors (Lipinski definition) is 1. The zero-order valence-corrected chi connectivity index (χ0v) is 15.0. The number of nitrogens with one attached hydrogen (secondary N) is 1. The monoisotopic (exact) mass is 383 g/mol. The van der Waals surface area contributed by atoms with Gasteiger partial charge in [0.1, 0.15) is 15.5 Å². The van der Waals surface area contributed by atoms with E-state index in [1.807, 2.05) is 6.92 Å². The van der Waals surface area contributed by atoms with E-state index in [4.69, 9.17) is 4.74 Å². The van der Waals surface area contributed by atoms with Crippen LogP contribution in [0, 0.1) is 12.7 Å². The largest absolute Gasteiger partial charge is 0.453 e. The molecule has 0 radical (unpaired) electrons. The highest BCUT2D eigenvalue weighted by Crippen LogP contribution is 2.30. The van der Waals surface area contributed by atoms with Crippen LogP contribution in [0.25, 0.3) is 15.9 Å². The number of thiophene rings is 1. The van der Waals surface area contributed by atoms with E-state index in [-0.39, 0.29) is 18.2 Å². The van der Waals surface area contributed by atoms with Crippen molar-refractivity contribution in [2.24, 2.45) is 0 Å². The van der Waals surface area contributed by atoms with E-state index in [1.165, 1.54) is 23.5 Å². The smallest absolute Gasteiger partial charge is 0.348 e. The van der Waals surface area contributed by atoms with Crippen LogP contribution < -0.4 is 0 Å². The fraction of sp³-hybridized carbons (Fsp3) is 0.105. The summed E-state index contributed by atoms with van der Waals surface area (Å²) < 4.78 is 20.0. The van der Waals surface area contributed by atoms with Crippen molar-refractivity contribution in [1.29, 1.82) is 0 Å². The molecule has 0 saturated heterocycles. The van der Waals surface area contributed by atoms with Gasteiger partial charge >= 0.3 is 5.97 Å². The number of aromatic amines is 1. The van der Waals surface area contributed by atoms with Gasteiger partial charge in [-0.15, -0.1) is 11.3 Å².